The molecule has 1 aromatic heterocycles. The SMILES string of the molecule is CCN(C(=O)C(C)NC(=O)c1cccs1)C1CCN(C(C)c2ccccc2)C1. The van der Waals surface area contributed by atoms with Gasteiger partial charge >= 0.3 is 0 Å². The lowest BCUT2D eigenvalue weighted by Gasteiger charge is -2.31. The van der Waals surface area contributed by atoms with Crippen molar-refractivity contribution in [1.82, 2.24) is 15.1 Å². The van der Waals surface area contributed by atoms with E-state index in [4.69, 9.17) is 0 Å². The van der Waals surface area contributed by atoms with Gasteiger partial charge in [0.1, 0.15) is 6.04 Å². The van der Waals surface area contributed by atoms with Crippen LogP contribution >= 0.6 is 11.3 Å². The molecule has 1 saturated heterocycles. The molecule has 28 heavy (non-hydrogen) atoms. The number of nitrogens with zero attached hydrogens (tertiary/aromatic N) is 2. The first-order valence-electron chi connectivity index (χ1n) is 9.95. The van der Waals surface area contributed by atoms with E-state index < -0.39 is 6.04 Å². The zero-order valence-electron chi connectivity index (χ0n) is 16.8. The van der Waals surface area contributed by atoms with Gasteiger partial charge in [0.15, 0.2) is 0 Å². The highest BCUT2D eigenvalue weighted by Crippen LogP contribution is 2.26. The molecular formula is C22H29N3O2S. The van der Waals surface area contributed by atoms with Crippen LogP contribution in [0.25, 0.3) is 0 Å². The number of likely N-dealkylation sites (tertiary alicyclic amines) is 1. The normalized spacial score (nSPS) is 19.2. The lowest BCUT2D eigenvalue weighted by molar-refractivity contribution is -0.134. The highest BCUT2D eigenvalue weighted by Gasteiger charge is 2.34. The predicted octanol–water partition coefficient (Wildman–Crippen LogP) is 3.55. The Morgan fingerprint density at radius 1 is 1.21 bits per heavy atom. The molecule has 0 saturated carbocycles. The van der Waals surface area contributed by atoms with E-state index in [1.807, 2.05) is 29.3 Å². The predicted molar refractivity (Wildman–Crippen MR) is 113 cm³/mol. The third-order valence-corrected chi connectivity index (χ3v) is 6.42. The summed E-state index contributed by atoms with van der Waals surface area (Å²) in [4.78, 5) is 30.3. The Hall–Kier alpha value is -2.18. The Labute approximate surface area is 171 Å². The molecule has 2 heterocycles. The zero-order chi connectivity index (χ0) is 20.1. The van der Waals surface area contributed by atoms with E-state index in [0.29, 0.717) is 17.5 Å². The average molecular weight is 400 g/mol. The molecule has 1 aliphatic rings. The van der Waals surface area contributed by atoms with Crippen LogP contribution in [0.1, 0.15) is 48.5 Å². The van der Waals surface area contributed by atoms with Gasteiger partial charge in [-0.2, -0.15) is 0 Å². The van der Waals surface area contributed by atoms with Gasteiger partial charge < -0.3 is 10.2 Å². The molecule has 0 aliphatic carbocycles. The van der Waals surface area contributed by atoms with Gasteiger partial charge in [-0.3, -0.25) is 14.5 Å². The maximum Gasteiger partial charge on any atom is 0.261 e. The van der Waals surface area contributed by atoms with Crippen LogP contribution in [-0.4, -0.2) is 53.3 Å². The average Bonchev–Trinajstić information content (AvgIpc) is 3.41. The number of carbonyl (C=O) groups excluding carboxylic acids is 2. The molecule has 0 bridgehead atoms. The van der Waals surface area contributed by atoms with Crippen molar-refractivity contribution in [3.05, 3.63) is 58.3 Å². The number of amides is 2. The maximum absolute atomic E-state index is 13.0. The Morgan fingerprint density at radius 3 is 2.61 bits per heavy atom. The Morgan fingerprint density at radius 2 is 1.96 bits per heavy atom. The van der Waals surface area contributed by atoms with E-state index in [1.54, 1.807) is 13.0 Å². The first-order chi connectivity index (χ1) is 13.5. The minimum atomic E-state index is -0.532. The number of hydrogen-bond acceptors (Lipinski definition) is 4. The molecule has 1 fully saturated rings. The van der Waals surface area contributed by atoms with Gasteiger partial charge in [-0.25, -0.2) is 0 Å². The highest BCUT2D eigenvalue weighted by atomic mass is 32.1. The van der Waals surface area contributed by atoms with Crippen molar-refractivity contribution in [3.63, 3.8) is 0 Å². The summed E-state index contributed by atoms with van der Waals surface area (Å²) in [5.74, 6) is -0.190. The molecule has 1 N–H and O–H groups in total. The molecule has 6 heteroatoms. The molecule has 3 rings (SSSR count). The van der Waals surface area contributed by atoms with Crippen LogP contribution in [-0.2, 0) is 4.79 Å². The topological polar surface area (TPSA) is 52.7 Å². The molecule has 3 unspecified atom stereocenters. The van der Waals surface area contributed by atoms with Crippen molar-refractivity contribution in [1.29, 1.82) is 0 Å². The van der Waals surface area contributed by atoms with E-state index in [-0.39, 0.29) is 17.9 Å². The summed E-state index contributed by atoms with van der Waals surface area (Å²) >= 11 is 1.38. The minimum absolute atomic E-state index is 0.00776. The summed E-state index contributed by atoms with van der Waals surface area (Å²) in [7, 11) is 0. The van der Waals surface area contributed by atoms with Crippen molar-refractivity contribution in [2.24, 2.45) is 0 Å². The number of benzene rings is 1. The fraction of sp³-hybridized carbons (Fsp3) is 0.455. The number of thiophene rings is 1. The van der Waals surface area contributed by atoms with Gasteiger partial charge in [-0.15, -0.1) is 11.3 Å². The molecule has 1 aliphatic heterocycles. The summed E-state index contributed by atoms with van der Waals surface area (Å²) in [6.45, 7) is 8.49. The third-order valence-electron chi connectivity index (χ3n) is 5.55. The monoisotopic (exact) mass is 399 g/mol. The van der Waals surface area contributed by atoms with Crippen LogP contribution in [0, 0.1) is 0 Å². The van der Waals surface area contributed by atoms with Crippen LogP contribution in [0.4, 0.5) is 0 Å². The second-order valence-corrected chi connectivity index (χ2v) is 8.27. The van der Waals surface area contributed by atoms with Gasteiger partial charge in [0.2, 0.25) is 5.91 Å². The van der Waals surface area contributed by atoms with Gasteiger partial charge in [0.25, 0.3) is 5.91 Å². The Bertz CT molecular complexity index is 778. The molecule has 3 atom stereocenters. The van der Waals surface area contributed by atoms with Crippen molar-refractivity contribution in [2.75, 3.05) is 19.6 Å². The number of carbonyl (C=O) groups is 2. The smallest absolute Gasteiger partial charge is 0.261 e. The Kier molecular flexibility index (Phi) is 6.86. The second kappa shape index (κ2) is 9.34. The maximum atomic E-state index is 13.0. The quantitative estimate of drug-likeness (QED) is 0.775. The zero-order valence-corrected chi connectivity index (χ0v) is 17.6. The summed E-state index contributed by atoms with van der Waals surface area (Å²) in [6.07, 6.45) is 0.961. The van der Waals surface area contributed by atoms with Gasteiger partial charge in [-0.05, 0) is 44.2 Å². The molecule has 0 spiro atoms. The van der Waals surface area contributed by atoms with Gasteiger partial charge in [0.05, 0.1) is 4.88 Å². The van der Waals surface area contributed by atoms with E-state index in [9.17, 15) is 9.59 Å². The molecule has 2 amide bonds. The summed E-state index contributed by atoms with van der Waals surface area (Å²) < 4.78 is 0. The summed E-state index contributed by atoms with van der Waals surface area (Å²) in [5.41, 5.74) is 1.30. The first kappa shape index (κ1) is 20.6. The van der Waals surface area contributed by atoms with E-state index in [1.165, 1.54) is 16.9 Å². The summed E-state index contributed by atoms with van der Waals surface area (Å²) in [6, 6.07) is 14.1. The molecular weight excluding hydrogens is 370 g/mol. The Balaban J connectivity index is 1.60. The molecule has 2 aromatic rings. The van der Waals surface area contributed by atoms with Crippen molar-refractivity contribution < 1.29 is 9.59 Å². The van der Waals surface area contributed by atoms with Crippen LogP contribution in [0.5, 0.6) is 0 Å². The van der Waals surface area contributed by atoms with Crippen LogP contribution in [0.2, 0.25) is 0 Å². The largest absolute Gasteiger partial charge is 0.340 e. The lowest BCUT2D eigenvalue weighted by Crippen LogP contribution is -2.51. The number of rotatable bonds is 7. The van der Waals surface area contributed by atoms with E-state index in [0.717, 1.165) is 19.5 Å². The molecule has 150 valence electrons. The third kappa shape index (κ3) is 4.62. The van der Waals surface area contributed by atoms with Crippen molar-refractivity contribution >= 4 is 23.2 Å². The van der Waals surface area contributed by atoms with Crippen molar-refractivity contribution in [3.8, 4) is 0 Å². The fourth-order valence-electron chi connectivity index (χ4n) is 3.90. The first-order valence-corrected chi connectivity index (χ1v) is 10.8. The molecule has 0 radical (unpaired) electrons. The van der Waals surface area contributed by atoms with Crippen LogP contribution in [0.15, 0.2) is 47.8 Å². The van der Waals surface area contributed by atoms with E-state index >= 15 is 0 Å². The second-order valence-electron chi connectivity index (χ2n) is 7.32. The standard InChI is InChI=1S/C22H29N3O2S/c1-4-25(22(27)16(2)23-21(26)20-11-8-14-28-20)19-12-13-24(15-19)17(3)18-9-6-5-7-10-18/h5-11,14,16-17,19H,4,12-13,15H2,1-3H3,(H,23,26). The molecule has 5 nitrogen and oxygen atoms in total. The number of hydrogen-bond donors (Lipinski definition) is 1. The van der Waals surface area contributed by atoms with Crippen LogP contribution < -0.4 is 5.32 Å². The molecule has 1 aromatic carbocycles. The van der Waals surface area contributed by atoms with Crippen molar-refractivity contribution in [2.45, 2.75) is 45.3 Å². The number of likely N-dealkylation sites (N-methyl/N-ethyl adjacent to an activating group) is 1. The summed E-state index contributed by atoms with van der Waals surface area (Å²) in [5, 5.41) is 4.71. The highest BCUT2D eigenvalue weighted by molar-refractivity contribution is 7.12. The van der Waals surface area contributed by atoms with Gasteiger partial charge in [-0.1, -0.05) is 36.4 Å². The van der Waals surface area contributed by atoms with E-state index in [2.05, 4.69) is 41.4 Å². The lowest BCUT2D eigenvalue weighted by atomic mass is 10.1. The fourth-order valence-corrected chi connectivity index (χ4v) is 4.52. The minimum Gasteiger partial charge on any atom is -0.340 e. The number of nitrogens with one attached hydrogen (secondary N) is 1. The van der Waals surface area contributed by atoms with Crippen LogP contribution in [0.3, 0.4) is 0 Å². The van der Waals surface area contributed by atoms with Gasteiger partial charge in [0, 0.05) is 31.7 Å².